The number of nitrogens with two attached hydrogens (primary N) is 1. The van der Waals surface area contributed by atoms with Crippen molar-refractivity contribution in [1.82, 2.24) is 5.32 Å². The number of amides is 1. The van der Waals surface area contributed by atoms with E-state index in [1.165, 1.54) is 5.57 Å². The fraction of sp³-hybridized carbons (Fsp3) is 0.625. The molecule has 2 heterocycles. The number of carbonyl (C=O) groups excluding carboxylic acids is 1. The van der Waals surface area contributed by atoms with Crippen molar-refractivity contribution in [2.75, 3.05) is 19.5 Å². The molecule has 6 atom stereocenters. The second kappa shape index (κ2) is 8.45. The Morgan fingerprint density at radius 2 is 2.03 bits per heavy atom. The summed E-state index contributed by atoms with van der Waals surface area (Å²) in [6.45, 7) is 7.42. The van der Waals surface area contributed by atoms with Gasteiger partial charge < -0.3 is 30.0 Å². The lowest BCUT2D eigenvalue weighted by Gasteiger charge is -2.42. The summed E-state index contributed by atoms with van der Waals surface area (Å²) in [6, 6.07) is 7.39. The number of rotatable bonds is 7. The zero-order valence-corrected chi connectivity index (χ0v) is 18.9. The molecule has 7 heteroatoms. The Morgan fingerprint density at radius 3 is 2.65 bits per heavy atom. The molecule has 0 aromatic heterocycles. The monoisotopic (exact) mass is 430 g/mol. The maximum Gasteiger partial charge on any atom is 0.407 e. The summed E-state index contributed by atoms with van der Waals surface area (Å²) in [5.41, 5.74) is 8.07. The Hall–Kier alpha value is -2.09. The zero-order chi connectivity index (χ0) is 22.2. The highest BCUT2D eigenvalue weighted by Gasteiger charge is 2.72. The summed E-state index contributed by atoms with van der Waals surface area (Å²) >= 11 is 0. The first-order valence-electron chi connectivity index (χ1n) is 11.0. The molecule has 7 nitrogen and oxygen atoms in total. The number of ether oxygens (including phenoxy) is 4. The highest BCUT2D eigenvalue weighted by molar-refractivity contribution is 5.67. The first kappa shape index (κ1) is 22.1. The highest BCUT2D eigenvalue weighted by Crippen LogP contribution is 2.59. The van der Waals surface area contributed by atoms with Gasteiger partial charge in [-0.15, -0.1) is 0 Å². The van der Waals surface area contributed by atoms with Gasteiger partial charge in [0.2, 0.25) is 0 Å². The molecule has 0 bridgehead atoms. The molecule has 0 unspecified atom stereocenters. The normalized spacial score (nSPS) is 36.0. The molecule has 170 valence electrons. The van der Waals surface area contributed by atoms with Crippen LogP contribution < -0.4 is 11.1 Å². The van der Waals surface area contributed by atoms with Gasteiger partial charge in [-0.25, -0.2) is 4.79 Å². The molecule has 2 saturated heterocycles. The number of benzene rings is 1. The number of epoxide rings is 2. The van der Waals surface area contributed by atoms with Crippen molar-refractivity contribution in [2.24, 2.45) is 5.92 Å². The maximum absolute atomic E-state index is 12.5. The fourth-order valence-corrected chi connectivity index (χ4v) is 5.06. The predicted molar refractivity (Wildman–Crippen MR) is 117 cm³/mol. The van der Waals surface area contributed by atoms with Crippen molar-refractivity contribution in [3.05, 3.63) is 41.5 Å². The molecule has 2 aliphatic heterocycles. The number of hydrogen-bond donors (Lipinski definition) is 2. The van der Waals surface area contributed by atoms with E-state index in [2.05, 4.69) is 32.2 Å². The lowest BCUT2D eigenvalue weighted by molar-refractivity contribution is -0.118. The van der Waals surface area contributed by atoms with Crippen LogP contribution in [0.15, 0.2) is 35.9 Å². The molecule has 1 aromatic rings. The van der Waals surface area contributed by atoms with Gasteiger partial charge in [0.15, 0.2) is 0 Å². The first-order valence-corrected chi connectivity index (χ1v) is 11.0. The number of anilines is 1. The van der Waals surface area contributed by atoms with Crippen LogP contribution >= 0.6 is 0 Å². The number of hydrogen-bond acceptors (Lipinski definition) is 6. The van der Waals surface area contributed by atoms with Gasteiger partial charge in [0.1, 0.15) is 23.4 Å². The number of nitrogens with one attached hydrogen (secondary N) is 1. The van der Waals surface area contributed by atoms with E-state index < -0.39 is 6.09 Å². The van der Waals surface area contributed by atoms with Crippen LogP contribution in [0.1, 0.15) is 45.6 Å². The number of allylic oxidation sites excluding steroid dienone is 1. The molecular weight excluding hydrogens is 396 g/mol. The van der Waals surface area contributed by atoms with Gasteiger partial charge in [0, 0.05) is 19.3 Å². The molecule has 0 radical (unpaired) electrons. The Bertz CT molecular complexity index is 831. The van der Waals surface area contributed by atoms with Crippen LogP contribution in [0, 0.1) is 5.92 Å². The zero-order valence-electron chi connectivity index (χ0n) is 18.9. The molecule has 1 saturated carbocycles. The third-order valence-electron chi connectivity index (χ3n) is 6.91. The molecule has 3 N–H and O–H groups in total. The summed E-state index contributed by atoms with van der Waals surface area (Å²) in [5, 5.41) is 2.83. The molecule has 3 aliphatic rings. The maximum atomic E-state index is 12.5. The third-order valence-corrected chi connectivity index (χ3v) is 6.91. The molecule has 1 aromatic carbocycles. The average molecular weight is 431 g/mol. The van der Waals surface area contributed by atoms with E-state index in [4.69, 9.17) is 24.7 Å². The quantitative estimate of drug-likeness (QED) is 0.390. The number of methoxy groups -OCH3 is 1. The van der Waals surface area contributed by atoms with Gasteiger partial charge in [0.05, 0.1) is 18.6 Å². The van der Waals surface area contributed by atoms with Crippen LogP contribution in [-0.2, 0) is 25.5 Å². The Labute approximate surface area is 184 Å². The topological polar surface area (TPSA) is 98.6 Å². The van der Waals surface area contributed by atoms with Gasteiger partial charge in [0.25, 0.3) is 0 Å². The summed E-state index contributed by atoms with van der Waals surface area (Å²) < 4.78 is 23.9. The summed E-state index contributed by atoms with van der Waals surface area (Å²) in [4.78, 5) is 12.5. The molecule has 1 aliphatic carbocycles. The van der Waals surface area contributed by atoms with E-state index in [0.29, 0.717) is 25.3 Å². The number of carbonyl (C=O) groups is 1. The Kier molecular flexibility index (Phi) is 6.03. The number of alkyl carbamates (subject to hydrolysis) is 1. The van der Waals surface area contributed by atoms with Crippen molar-refractivity contribution in [1.29, 1.82) is 0 Å². The largest absolute Gasteiger partial charge is 0.443 e. The smallest absolute Gasteiger partial charge is 0.407 e. The second-order valence-corrected chi connectivity index (χ2v) is 9.42. The molecular formula is C24H34N2O5. The van der Waals surface area contributed by atoms with Crippen LogP contribution in [0.2, 0.25) is 0 Å². The van der Waals surface area contributed by atoms with Gasteiger partial charge in [-0.3, -0.25) is 0 Å². The van der Waals surface area contributed by atoms with E-state index in [-0.39, 0.29) is 35.4 Å². The van der Waals surface area contributed by atoms with Crippen molar-refractivity contribution in [3.8, 4) is 0 Å². The molecule has 31 heavy (non-hydrogen) atoms. The Morgan fingerprint density at radius 1 is 1.32 bits per heavy atom. The van der Waals surface area contributed by atoms with E-state index in [1.807, 2.05) is 24.3 Å². The van der Waals surface area contributed by atoms with Gasteiger partial charge in [-0.2, -0.15) is 0 Å². The van der Waals surface area contributed by atoms with Crippen molar-refractivity contribution in [3.63, 3.8) is 0 Å². The summed E-state index contributed by atoms with van der Waals surface area (Å²) in [5.74, 6) is 0.0178. The lowest BCUT2D eigenvalue weighted by atomic mass is 9.68. The van der Waals surface area contributed by atoms with Crippen LogP contribution in [0.3, 0.4) is 0 Å². The highest BCUT2D eigenvalue weighted by atomic mass is 16.6. The van der Waals surface area contributed by atoms with Crippen molar-refractivity contribution >= 4 is 11.8 Å². The fourth-order valence-electron chi connectivity index (χ4n) is 5.06. The van der Waals surface area contributed by atoms with Crippen LogP contribution in [-0.4, -0.2) is 49.3 Å². The van der Waals surface area contributed by atoms with Gasteiger partial charge >= 0.3 is 6.09 Å². The van der Waals surface area contributed by atoms with Gasteiger partial charge in [-0.05, 0) is 57.7 Å². The van der Waals surface area contributed by atoms with Crippen molar-refractivity contribution in [2.45, 2.75) is 76.1 Å². The van der Waals surface area contributed by atoms with E-state index in [9.17, 15) is 4.79 Å². The van der Waals surface area contributed by atoms with E-state index >= 15 is 0 Å². The summed E-state index contributed by atoms with van der Waals surface area (Å²) in [7, 11) is 1.68. The Balaban J connectivity index is 1.40. The minimum Gasteiger partial charge on any atom is -0.443 e. The van der Waals surface area contributed by atoms with E-state index in [1.54, 1.807) is 7.11 Å². The molecule has 3 fully saturated rings. The first-order chi connectivity index (χ1) is 14.8. The van der Waals surface area contributed by atoms with Gasteiger partial charge in [-0.1, -0.05) is 23.8 Å². The minimum absolute atomic E-state index is 0.0178. The standard InChI is InChI=1S/C24H34N2O5/c1-15(2)5-10-19-23(3,31-19)21-20(28-4)18(11-12-24(21)14-29-24)30-22(27)26-13-16-6-8-17(25)9-7-16/h5-9,18-21H,10-14,25H2,1-4H3,(H,26,27)/t18-,19+,20-,21-,23-,24+/m1/s1. The molecule has 4 rings (SSSR count). The van der Waals surface area contributed by atoms with Crippen LogP contribution in [0.5, 0.6) is 0 Å². The minimum atomic E-state index is -0.446. The third kappa shape index (κ3) is 4.59. The van der Waals surface area contributed by atoms with Crippen molar-refractivity contribution < 1.29 is 23.7 Å². The molecule has 1 amide bonds. The molecule has 1 spiro atoms. The SMILES string of the molecule is CO[C@@H]1[C@H](OC(=O)NCc2ccc(N)cc2)CC[C@]2(CO2)[C@H]1[C@]1(C)O[C@H]1CC=C(C)C. The lowest BCUT2D eigenvalue weighted by Crippen LogP contribution is -2.56. The second-order valence-electron chi connectivity index (χ2n) is 9.42. The average Bonchev–Trinajstić information content (AvgIpc) is 3.65. The van der Waals surface area contributed by atoms with Crippen LogP contribution in [0.25, 0.3) is 0 Å². The number of nitrogen functional groups attached to an aromatic ring is 1. The van der Waals surface area contributed by atoms with E-state index in [0.717, 1.165) is 18.4 Å². The summed E-state index contributed by atoms with van der Waals surface area (Å²) in [6.07, 6.45) is 3.68. The predicted octanol–water partition coefficient (Wildman–Crippen LogP) is 3.57. The van der Waals surface area contributed by atoms with Crippen LogP contribution in [0.4, 0.5) is 10.5 Å².